The standard InChI is InChI=1S/C25H22F2O3/c1-4-15-25(26,27)23-16-20(17-9-12-21(29-2)13-10-17)11-14-22(23)18-5-7-19(8-6-18)24(28)30-3/h4-14,16H,1,15H2,2-3H3. The number of hydrogen-bond acceptors (Lipinski definition) is 3. The lowest BCUT2D eigenvalue weighted by atomic mass is 9.90. The highest BCUT2D eigenvalue weighted by atomic mass is 19.3. The number of carbonyl (C=O) groups excluding carboxylic acids is 1. The molecule has 5 heteroatoms. The number of rotatable bonds is 7. The summed E-state index contributed by atoms with van der Waals surface area (Å²) in [6.45, 7) is 3.47. The highest BCUT2D eigenvalue weighted by Gasteiger charge is 2.33. The topological polar surface area (TPSA) is 35.5 Å². The van der Waals surface area contributed by atoms with Gasteiger partial charge in [-0.3, -0.25) is 0 Å². The molecule has 30 heavy (non-hydrogen) atoms. The van der Waals surface area contributed by atoms with E-state index in [2.05, 4.69) is 6.58 Å². The molecule has 0 N–H and O–H groups in total. The Morgan fingerprint density at radius 1 is 0.933 bits per heavy atom. The molecular weight excluding hydrogens is 386 g/mol. The lowest BCUT2D eigenvalue weighted by Crippen LogP contribution is -2.14. The van der Waals surface area contributed by atoms with E-state index in [1.165, 1.54) is 19.3 Å². The average Bonchev–Trinajstić information content (AvgIpc) is 2.78. The van der Waals surface area contributed by atoms with Crippen molar-refractivity contribution in [3.63, 3.8) is 0 Å². The van der Waals surface area contributed by atoms with E-state index in [-0.39, 0.29) is 5.56 Å². The minimum Gasteiger partial charge on any atom is -0.497 e. The number of benzene rings is 3. The maximum atomic E-state index is 15.0. The number of carbonyl (C=O) groups is 1. The number of alkyl halides is 2. The molecule has 0 aliphatic rings. The molecule has 0 aliphatic heterocycles. The number of halogens is 2. The van der Waals surface area contributed by atoms with Gasteiger partial charge in [0.15, 0.2) is 0 Å². The van der Waals surface area contributed by atoms with Gasteiger partial charge in [-0.1, -0.05) is 42.5 Å². The molecule has 0 bridgehead atoms. The van der Waals surface area contributed by atoms with Crippen LogP contribution in [0.1, 0.15) is 22.3 Å². The van der Waals surface area contributed by atoms with Gasteiger partial charge in [0.2, 0.25) is 0 Å². The average molecular weight is 408 g/mol. The molecule has 0 spiro atoms. The highest BCUT2D eigenvalue weighted by molar-refractivity contribution is 5.90. The van der Waals surface area contributed by atoms with Crippen molar-refractivity contribution in [1.29, 1.82) is 0 Å². The first-order valence-corrected chi connectivity index (χ1v) is 9.36. The molecule has 0 saturated heterocycles. The second-order valence-corrected chi connectivity index (χ2v) is 6.76. The van der Waals surface area contributed by atoms with E-state index in [1.807, 2.05) is 12.1 Å². The fourth-order valence-electron chi connectivity index (χ4n) is 3.26. The second-order valence-electron chi connectivity index (χ2n) is 6.76. The van der Waals surface area contributed by atoms with Gasteiger partial charge >= 0.3 is 5.97 Å². The Morgan fingerprint density at radius 2 is 1.53 bits per heavy atom. The van der Waals surface area contributed by atoms with E-state index in [0.29, 0.717) is 28.0 Å². The fraction of sp³-hybridized carbons (Fsp3) is 0.160. The first kappa shape index (κ1) is 21.2. The number of ether oxygens (including phenoxy) is 2. The van der Waals surface area contributed by atoms with Crippen LogP contribution in [0.15, 0.2) is 79.4 Å². The van der Waals surface area contributed by atoms with Crippen molar-refractivity contribution >= 4 is 5.97 Å². The maximum absolute atomic E-state index is 15.0. The summed E-state index contributed by atoms with van der Waals surface area (Å²) in [6.07, 6.45) is 0.733. The predicted octanol–water partition coefficient (Wildman–Crippen LogP) is 6.48. The van der Waals surface area contributed by atoms with Crippen molar-refractivity contribution in [2.24, 2.45) is 0 Å². The van der Waals surface area contributed by atoms with E-state index in [1.54, 1.807) is 55.6 Å². The van der Waals surface area contributed by atoms with Gasteiger partial charge in [0.05, 0.1) is 19.8 Å². The minimum atomic E-state index is -3.10. The van der Waals surface area contributed by atoms with Crippen LogP contribution in [-0.2, 0) is 10.7 Å². The van der Waals surface area contributed by atoms with E-state index in [9.17, 15) is 4.79 Å². The quantitative estimate of drug-likeness (QED) is 0.331. The van der Waals surface area contributed by atoms with Gasteiger partial charge in [-0.15, -0.1) is 6.58 Å². The van der Waals surface area contributed by atoms with Crippen molar-refractivity contribution in [3.8, 4) is 28.0 Å². The minimum absolute atomic E-state index is 0.0958. The second kappa shape index (κ2) is 8.91. The van der Waals surface area contributed by atoms with Crippen molar-refractivity contribution in [3.05, 3.63) is 90.5 Å². The van der Waals surface area contributed by atoms with Crippen LogP contribution >= 0.6 is 0 Å². The van der Waals surface area contributed by atoms with Crippen molar-refractivity contribution in [1.82, 2.24) is 0 Å². The third-order valence-corrected chi connectivity index (χ3v) is 4.85. The van der Waals surface area contributed by atoms with Crippen LogP contribution in [0.4, 0.5) is 8.78 Å². The summed E-state index contributed by atoms with van der Waals surface area (Å²) >= 11 is 0. The van der Waals surface area contributed by atoms with Crippen molar-refractivity contribution < 1.29 is 23.0 Å². The van der Waals surface area contributed by atoms with Gasteiger partial charge in [-0.2, -0.15) is 0 Å². The lowest BCUT2D eigenvalue weighted by molar-refractivity contribution is -0.000213. The van der Waals surface area contributed by atoms with E-state index >= 15 is 8.78 Å². The zero-order valence-electron chi connectivity index (χ0n) is 16.8. The Hall–Kier alpha value is -3.47. The van der Waals surface area contributed by atoms with Gasteiger partial charge in [0.1, 0.15) is 5.75 Å². The third kappa shape index (κ3) is 4.40. The lowest BCUT2D eigenvalue weighted by Gasteiger charge is -2.20. The predicted molar refractivity (Wildman–Crippen MR) is 114 cm³/mol. The van der Waals surface area contributed by atoms with Crippen molar-refractivity contribution in [2.75, 3.05) is 14.2 Å². The molecule has 0 aromatic heterocycles. The van der Waals surface area contributed by atoms with Crippen LogP contribution in [0.2, 0.25) is 0 Å². The molecule has 0 heterocycles. The van der Waals surface area contributed by atoms with Crippen LogP contribution in [0.5, 0.6) is 5.75 Å². The largest absolute Gasteiger partial charge is 0.497 e. The zero-order chi connectivity index (χ0) is 21.7. The summed E-state index contributed by atoms with van der Waals surface area (Å²) in [4.78, 5) is 11.7. The summed E-state index contributed by atoms with van der Waals surface area (Å²) in [5, 5.41) is 0. The molecule has 3 nitrogen and oxygen atoms in total. The molecule has 0 aliphatic carbocycles. The molecule has 0 saturated carbocycles. The Balaban J connectivity index is 2.10. The molecule has 3 aromatic rings. The number of hydrogen-bond donors (Lipinski definition) is 0. The molecule has 0 amide bonds. The Morgan fingerprint density at radius 3 is 2.10 bits per heavy atom. The summed E-state index contributed by atoms with van der Waals surface area (Å²) in [6, 6.07) is 18.6. The molecule has 0 radical (unpaired) electrons. The summed E-state index contributed by atoms with van der Waals surface area (Å²) in [5.74, 6) is -2.88. The van der Waals surface area contributed by atoms with Gasteiger partial charge < -0.3 is 9.47 Å². The zero-order valence-corrected chi connectivity index (χ0v) is 16.8. The summed E-state index contributed by atoms with van der Waals surface area (Å²) in [5.41, 5.74) is 2.72. The molecule has 0 fully saturated rings. The van der Waals surface area contributed by atoms with Crippen LogP contribution in [0.25, 0.3) is 22.3 Å². The van der Waals surface area contributed by atoms with Crippen LogP contribution in [0.3, 0.4) is 0 Å². The highest BCUT2D eigenvalue weighted by Crippen LogP contribution is 2.41. The molecule has 0 atom stereocenters. The molecule has 3 aromatic carbocycles. The van der Waals surface area contributed by atoms with E-state index in [0.717, 1.165) is 5.56 Å². The Labute approximate surface area is 174 Å². The van der Waals surface area contributed by atoms with Crippen LogP contribution in [-0.4, -0.2) is 20.2 Å². The third-order valence-electron chi connectivity index (χ3n) is 4.85. The maximum Gasteiger partial charge on any atom is 0.337 e. The first-order chi connectivity index (χ1) is 14.4. The van der Waals surface area contributed by atoms with Crippen molar-refractivity contribution in [2.45, 2.75) is 12.3 Å². The molecule has 0 unspecified atom stereocenters. The van der Waals surface area contributed by atoms with Crippen LogP contribution in [0, 0.1) is 0 Å². The van der Waals surface area contributed by atoms with E-state index < -0.39 is 18.3 Å². The van der Waals surface area contributed by atoms with Crippen LogP contribution < -0.4 is 4.74 Å². The number of allylic oxidation sites excluding steroid dienone is 1. The smallest absolute Gasteiger partial charge is 0.337 e. The number of methoxy groups -OCH3 is 2. The SMILES string of the molecule is C=CCC(F)(F)c1cc(-c2ccc(OC)cc2)ccc1-c1ccc(C(=O)OC)cc1. The fourth-order valence-corrected chi connectivity index (χ4v) is 3.26. The monoisotopic (exact) mass is 408 g/mol. The first-order valence-electron chi connectivity index (χ1n) is 9.36. The normalized spacial score (nSPS) is 11.1. The molecular formula is C25H22F2O3. The Kier molecular flexibility index (Phi) is 6.31. The summed E-state index contributed by atoms with van der Waals surface area (Å²) < 4.78 is 39.9. The summed E-state index contributed by atoms with van der Waals surface area (Å²) in [7, 11) is 2.87. The molecule has 154 valence electrons. The number of esters is 1. The van der Waals surface area contributed by atoms with Gasteiger partial charge in [0.25, 0.3) is 5.92 Å². The Bertz CT molecular complexity index is 1040. The van der Waals surface area contributed by atoms with Gasteiger partial charge in [-0.25, -0.2) is 13.6 Å². The van der Waals surface area contributed by atoms with E-state index in [4.69, 9.17) is 9.47 Å². The molecule has 3 rings (SSSR count). The van der Waals surface area contributed by atoms with Gasteiger partial charge in [-0.05, 0) is 52.6 Å². The van der Waals surface area contributed by atoms with Gasteiger partial charge in [0, 0.05) is 12.0 Å².